The molecule has 0 fully saturated rings. The van der Waals surface area contributed by atoms with Crippen LogP contribution in [0.4, 0.5) is 18.9 Å². The van der Waals surface area contributed by atoms with Crippen molar-refractivity contribution in [1.29, 1.82) is 0 Å². The monoisotopic (exact) mass is 485 g/mol. The number of ether oxygens (including phenoxy) is 1. The van der Waals surface area contributed by atoms with Gasteiger partial charge in [-0.05, 0) is 66.2 Å². The number of hydrogen-bond acceptors (Lipinski definition) is 7. The largest absolute Gasteiger partial charge is 0.462 e. The number of aromatic nitrogens is 6. The number of hydrogen-bond donors (Lipinski definition) is 1. The molecule has 2 aromatic heterocycles. The first-order valence-corrected chi connectivity index (χ1v) is 10.3. The van der Waals surface area contributed by atoms with E-state index in [4.69, 9.17) is 4.74 Å². The van der Waals surface area contributed by atoms with Gasteiger partial charge in [-0.15, -0.1) is 5.10 Å². The highest BCUT2D eigenvalue weighted by molar-refractivity contribution is 6.04. The number of aryl methyl sites for hydroxylation is 1. The zero-order chi connectivity index (χ0) is 25.2. The molecule has 0 aliphatic carbocycles. The van der Waals surface area contributed by atoms with E-state index in [0.717, 1.165) is 11.8 Å². The summed E-state index contributed by atoms with van der Waals surface area (Å²) in [5, 5.41) is 17.4. The van der Waals surface area contributed by atoms with Crippen molar-refractivity contribution in [2.45, 2.75) is 20.0 Å². The van der Waals surface area contributed by atoms with Crippen molar-refractivity contribution in [3.05, 3.63) is 77.4 Å². The van der Waals surface area contributed by atoms with Crippen LogP contribution in [0.2, 0.25) is 0 Å². The lowest BCUT2D eigenvalue weighted by molar-refractivity contribution is -0.143. The highest BCUT2D eigenvalue weighted by Gasteiger charge is 2.41. The fraction of sp³-hybridized carbons (Fsp3) is 0.182. The van der Waals surface area contributed by atoms with Gasteiger partial charge in [0.1, 0.15) is 11.9 Å². The summed E-state index contributed by atoms with van der Waals surface area (Å²) < 4.78 is 48.1. The van der Waals surface area contributed by atoms with Crippen molar-refractivity contribution in [3.63, 3.8) is 0 Å². The van der Waals surface area contributed by atoms with Gasteiger partial charge in [0.05, 0.1) is 24.2 Å². The number of halogens is 3. The van der Waals surface area contributed by atoms with E-state index in [1.165, 1.54) is 42.2 Å². The summed E-state index contributed by atoms with van der Waals surface area (Å²) in [6, 6.07) is 10.6. The van der Waals surface area contributed by atoms with Crippen LogP contribution in [0.15, 0.2) is 55.0 Å². The molecule has 0 aliphatic rings. The van der Waals surface area contributed by atoms with E-state index in [-0.39, 0.29) is 18.0 Å². The molecule has 1 N–H and O–H groups in total. The number of nitrogens with one attached hydrogen (secondary N) is 1. The Morgan fingerprint density at radius 2 is 1.94 bits per heavy atom. The van der Waals surface area contributed by atoms with Crippen molar-refractivity contribution in [1.82, 2.24) is 30.0 Å². The predicted molar refractivity (Wildman–Crippen MR) is 116 cm³/mol. The minimum atomic E-state index is -4.88. The van der Waals surface area contributed by atoms with E-state index in [2.05, 4.69) is 25.9 Å². The Bertz CT molecular complexity index is 1380. The zero-order valence-electron chi connectivity index (χ0n) is 18.4. The van der Waals surface area contributed by atoms with Gasteiger partial charge in [-0.1, -0.05) is 6.07 Å². The van der Waals surface area contributed by atoms with Crippen LogP contribution in [0.1, 0.15) is 38.9 Å². The second-order valence-corrected chi connectivity index (χ2v) is 7.30. The fourth-order valence-electron chi connectivity index (χ4n) is 3.42. The number of benzene rings is 2. The second-order valence-electron chi connectivity index (χ2n) is 7.30. The molecule has 2 aromatic carbocycles. The normalized spacial score (nSPS) is 11.3. The third kappa shape index (κ3) is 4.88. The van der Waals surface area contributed by atoms with Crippen LogP contribution in [-0.2, 0) is 10.9 Å². The molecule has 10 nitrogen and oxygen atoms in total. The Morgan fingerprint density at radius 3 is 2.60 bits per heavy atom. The molecular weight excluding hydrogens is 467 g/mol. The predicted octanol–water partition coefficient (Wildman–Crippen LogP) is 3.60. The summed E-state index contributed by atoms with van der Waals surface area (Å²) in [7, 11) is 0. The molecule has 0 saturated carbocycles. The number of alkyl halides is 3. The summed E-state index contributed by atoms with van der Waals surface area (Å²) in [4.78, 5) is 24.8. The standard InChI is InChI=1S/C22H18F3N7O3/c1-3-35-21(34)17-11-27-32(19(17)22(23,24)25)16-6-4-5-15(10-16)28-20(33)14-7-8-18(13(2)9-14)31-12-26-29-30-31/h4-12H,3H2,1-2H3,(H,28,33). The van der Waals surface area contributed by atoms with Crippen molar-refractivity contribution < 1.29 is 27.5 Å². The topological polar surface area (TPSA) is 117 Å². The van der Waals surface area contributed by atoms with Gasteiger partial charge in [0.25, 0.3) is 5.91 Å². The number of rotatable bonds is 6. The van der Waals surface area contributed by atoms with E-state index < -0.39 is 29.3 Å². The maximum atomic E-state index is 13.8. The highest BCUT2D eigenvalue weighted by atomic mass is 19.4. The van der Waals surface area contributed by atoms with Crippen LogP contribution in [0.5, 0.6) is 0 Å². The Labute approximate surface area is 196 Å². The van der Waals surface area contributed by atoms with Gasteiger partial charge >= 0.3 is 12.1 Å². The molecule has 180 valence electrons. The molecule has 0 atom stereocenters. The maximum Gasteiger partial charge on any atom is 0.434 e. The lowest BCUT2D eigenvalue weighted by Gasteiger charge is -2.14. The number of tetrazole rings is 1. The minimum Gasteiger partial charge on any atom is -0.462 e. The lowest BCUT2D eigenvalue weighted by Crippen LogP contribution is -2.19. The molecule has 13 heteroatoms. The second kappa shape index (κ2) is 9.37. The smallest absolute Gasteiger partial charge is 0.434 e. The van der Waals surface area contributed by atoms with Crippen molar-refractivity contribution >= 4 is 17.6 Å². The summed E-state index contributed by atoms with van der Waals surface area (Å²) in [6.07, 6.45) is -2.65. The lowest BCUT2D eigenvalue weighted by atomic mass is 10.1. The Morgan fingerprint density at radius 1 is 1.14 bits per heavy atom. The van der Waals surface area contributed by atoms with Gasteiger partial charge in [0.15, 0.2) is 5.69 Å². The van der Waals surface area contributed by atoms with Crippen molar-refractivity contribution in [2.24, 2.45) is 0 Å². The quantitative estimate of drug-likeness (QED) is 0.415. The summed E-state index contributed by atoms with van der Waals surface area (Å²) >= 11 is 0. The average molecular weight is 485 g/mol. The van der Waals surface area contributed by atoms with Gasteiger partial charge in [-0.2, -0.15) is 18.3 Å². The minimum absolute atomic E-state index is 0.00381. The molecule has 0 spiro atoms. The molecule has 0 radical (unpaired) electrons. The zero-order valence-corrected chi connectivity index (χ0v) is 18.4. The molecule has 1 amide bonds. The molecule has 0 saturated heterocycles. The van der Waals surface area contributed by atoms with Crippen LogP contribution >= 0.6 is 0 Å². The maximum absolute atomic E-state index is 13.8. The first kappa shape index (κ1) is 23.6. The first-order valence-electron chi connectivity index (χ1n) is 10.3. The van der Waals surface area contributed by atoms with E-state index in [1.54, 1.807) is 25.1 Å². The van der Waals surface area contributed by atoms with Gasteiger partial charge in [0, 0.05) is 11.3 Å². The number of esters is 1. The van der Waals surface area contributed by atoms with Crippen molar-refractivity contribution in [2.75, 3.05) is 11.9 Å². The molecular formula is C22H18F3N7O3. The Balaban J connectivity index is 1.61. The SMILES string of the molecule is CCOC(=O)c1cnn(-c2cccc(NC(=O)c3ccc(-n4cnnn4)c(C)c3)c2)c1C(F)(F)F. The van der Waals surface area contributed by atoms with Gasteiger partial charge < -0.3 is 10.1 Å². The number of carbonyl (C=O) groups is 2. The molecule has 35 heavy (non-hydrogen) atoms. The molecule has 0 bridgehead atoms. The number of amides is 1. The number of carbonyl (C=O) groups excluding carboxylic acids is 2. The molecule has 2 heterocycles. The van der Waals surface area contributed by atoms with Crippen LogP contribution in [0.25, 0.3) is 11.4 Å². The molecule has 4 aromatic rings. The summed E-state index contributed by atoms with van der Waals surface area (Å²) in [5.41, 5.74) is -0.00246. The van der Waals surface area contributed by atoms with E-state index >= 15 is 0 Å². The average Bonchev–Trinajstić information content (AvgIpc) is 3.49. The first-order chi connectivity index (χ1) is 16.7. The van der Waals surface area contributed by atoms with E-state index in [9.17, 15) is 22.8 Å². The summed E-state index contributed by atoms with van der Waals surface area (Å²) in [5.74, 6) is -1.60. The van der Waals surface area contributed by atoms with Gasteiger partial charge in [-0.25, -0.2) is 14.2 Å². The number of nitrogens with zero attached hydrogens (tertiary/aromatic N) is 6. The van der Waals surface area contributed by atoms with Crippen LogP contribution in [0, 0.1) is 6.92 Å². The van der Waals surface area contributed by atoms with Gasteiger partial charge in [0.2, 0.25) is 0 Å². The van der Waals surface area contributed by atoms with Gasteiger partial charge in [-0.3, -0.25) is 4.79 Å². The molecule has 0 unspecified atom stereocenters. The van der Waals surface area contributed by atoms with E-state index in [1.807, 2.05) is 0 Å². The number of anilines is 1. The Kier molecular flexibility index (Phi) is 6.32. The third-order valence-electron chi connectivity index (χ3n) is 4.94. The molecule has 0 aliphatic heterocycles. The van der Waals surface area contributed by atoms with Crippen LogP contribution in [0.3, 0.4) is 0 Å². The molecule has 4 rings (SSSR count). The van der Waals surface area contributed by atoms with Crippen LogP contribution in [-0.4, -0.2) is 48.5 Å². The highest BCUT2D eigenvalue weighted by Crippen LogP contribution is 2.34. The van der Waals surface area contributed by atoms with Crippen molar-refractivity contribution in [3.8, 4) is 11.4 Å². The van der Waals surface area contributed by atoms with E-state index in [0.29, 0.717) is 15.9 Å². The fourth-order valence-corrected chi connectivity index (χ4v) is 3.42. The summed E-state index contributed by atoms with van der Waals surface area (Å²) in [6.45, 7) is 3.19. The van der Waals surface area contributed by atoms with Crippen LogP contribution < -0.4 is 5.32 Å². The Hall–Kier alpha value is -4.55. The third-order valence-corrected chi connectivity index (χ3v) is 4.94.